The topological polar surface area (TPSA) is 108 Å². The van der Waals surface area contributed by atoms with Crippen LogP contribution in [0.3, 0.4) is 0 Å². The molecule has 8 nitrogen and oxygen atoms in total. The van der Waals surface area contributed by atoms with Crippen molar-refractivity contribution >= 4 is 35.2 Å². The molecule has 0 saturated carbocycles. The molecule has 5 rings (SSSR count). The first-order valence-electron chi connectivity index (χ1n) is 12.7. The van der Waals surface area contributed by atoms with Gasteiger partial charge in [0, 0.05) is 30.1 Å². The molecule has 196 valence electrons. The molecule has 0 aliphatic carbocycles. The zero-order chi connectivity index (χ0) is 26.2. The fourth-order valence-electron chi connectivity index (χ4n) is 6.39. The lowest BCUT2D eigenvalue weighted by Gasteiger charge is -2.34. The Balaban J connectivity index is 1.43. The molecule has 3 aliphatic rings. The van der Waals surface area contributed by atoms with Crippen molar-refractivity contribution in [3.8, 4) is 5.75 Å². The van der Waals surface area contributed by atoms with Crippen LogP contribution in [-0.2, 0) is 20.9 Å². The minimum Gasteiger partial charge on any atom is -0.497 e. The minimum absolute atomic E-state index is 0.0832. The summed E-state index contributed by atoms with van der Waals surface area (Å²) in [6, 6.07) is 16.0. The molecule has 3 heterocycles. The molecule has 2 bridgehead atoms. The van der Waals surface area contributed by atoms with Crippen LogP contribution >= 0.6 is 11.8 Å². The van der Waals surface area contributed by atoms with E-state index >= 15 is 0 Å². The minimum atomic E-state index is -0.725. The van der Waals surface area contributed by atoms with Gasteiger partial charge in [-0.1, -0.05) is 30.3 Å². The largest absolute Gasteiger partial charge is 0.497 e. The van der Waals surface area contributed by atoms with E-state index in [0.717, 1.165) is 12.0 Å². The Morgan fingerprint density at radius 3 is 2.51 bits per heavy atom. The summed E-state index contributed by atoms with van der Waals surface area (Å²) in [5.41, 5.74) is 1.60. The first kappa shape index (κ1) is 25.6. The molecule has 3 fully saturated rings. The lowest BCUT2D eigenvalue weighted by atomic mass is 9.66. The van der Waals surface area contributed by atoms with Crippen molar-refractivity contribution in [2.45, 2.75) is 48.3 Å². The number of hydrogen-bond donors (Lipinski definition) is 3. The number of carbonyl (C=O) groups excluding carboxylic acids is 3. The van der Waals surface area contributed by atoms with Gasteiger partial charge in [-0.15, -0.1) is 11.8 Å². The van der Waals surface area contributed by atoms with Gasteiger partial charge in [0.1, 0.15) is 11.8 Å². The summed E-state index contributed by atoms with van der Waals surface area (Å²) in [6.07, 6.45) is 1.81. The van der Waals surface area contributed by atoms with Crippen LogP contribution in [0.2, 0.25) is 0 Å². The van der Waals surface area contributed by atoms with Crippen molar-refractivity contribution in [3.05, 3.63) is 60.2 Å². The predicted octanol–water partition coefficient (Wildman–Crippen LogP) is 2.81. The number of likely N-dealkylation sites (tertiary alicyclic amines) is 1. The highest BCUT2D eigenvalue weighted by Gasteiger charge is 2.76. The van der Waals surface area contributed by atoms with Crippen LogP contribution in [0.5, 0.6) is 5.75 Å². The highest BCUT2D eigenvalue weighted by Crippen LogP contribution is 2.71. The number of rotatable bonds is 9. The van der Waals surface area contributed by atoms with Crippen LogP contribution in [-0.4, -0.2) is 63.5 Å². The molecule has 3 aliphatic heterocycles. The predicted molar refractivity (Wildman–Crippen MR) is 142 cm³/mol. The molecule has 3 amide bonds. The Labute approximate surface area is 221 Å². The van der Waals surface area contributed by atoms with Gasteiger partial charge in [-0.2, -0.15) is 0 Å². The molecule has 0 aromatic heterocycles. The number of fused-ring (bicyclic) bond motifs is 1. The first-order valence-corrected chi connectivity index (χ1v) is 13.5. The third-order valence-electron chi connectivity index (χ3n) is 8.03. The summed E-state index contributed by atoms with van der Waals surface area (Å²) < 4.78 is 4.09. The number of methoxy groups -OCH3 is 1. The number of anilines is 1. The van der Waals surface area contributed by atoms with Gasteiger partial charge < -0.3 is 25.4 Å². The van der Waals surface area contributed by atoms with Crippen molar-refractivity contribution in [2.24, 2.45) is 11.8 Å². The van der Waals surface area contributed by atoms with Gasteiger partial charge in [-0.3, -0.25) is 14.4 Å². The standard InChI is InChI=1S/C28H33N3O5S/c1-27-13-14-28(37-27)22(21(27)24(33)29-17-18-7-4-3-5-8-18)26(35)31(15-6-16-32)23(28)25(34)30-19-9-11-20(36-2)12-10-19/h3-5,7-12,21-23,32H,6,13-17H2,1-2H3,(H,29,33)(H,30,34)/t21-,22-,23?,27+,28?/m0/s1. The van der Waals surface area contributed by atoms with E-state index in [1.165, 1.54) is 0 Å². The van der Waals surface area contributed by atoms with E-state index in [1.807, 2.05) is 30.3 Å². The van der Waals surface area contributed by atoms with E-state index in [-0.39, 0.29) is 30.9 Å². The number of ether oxygens (including phenoxy) is 1. The second kappa shape index (κ2) is 10.0. The maximum atomic E-state index is 13.9. The molecule has 5 atom stereocenters. The number of aliphatic hydroxyl groups is 1. The monoisotopic (exact) mass is 523 g/mol. The van der Waals surface area contributed by atoms with Gasteiger partial charge in [0.2, 0.25) is 17.7 Å². The SMILES string of the molecule is COc1ccc(NC(=O)C2N(CCCO)C(=O)[C@@H]3[C@@H](C(=O)NCc4ccccc4)[C@@]4(C)CCC23S4)cc1. The number of nitrogens with one attached hydrogen (secondary N) is 2. The quantitative estimate of drug-likeness (QED) is 0.467. The van der Waals surface area contributed by atoms with Gasteiger partial charge >= 0.3 is 0 Å². The van der Waals surface area contributed by atoms with Gasteiger partial charge in [-0.05, 0) is 56.0 Å². The van der Waals surface area contributed by atoms with Crippen LogP contribution in [0.25, 0.3) is 0 Å². The average molecular weight is 524 g/mol. The van der Waals surface area contributed by atoms with Gasteiger partial charge in [0.25, 0.3) is 0 Å². The molecule has 9 heteroatoms. The van der Waals surface area contributed by atoms with Crippen LogP contribution in [0.15, 0.2) is 54.6 Å². The molecule has 0 radical (unpaired) electrons. The average Bonchev–Trinajstić information content (AvgIpc) is 3.47. The normalized spacial score (nSPS) is 29.8. The Hall–Kier alpha value is -3.04. The molecule has 3 N–H and O–H groups in total. The Morgan fingerprint density at radius 1 is 1.11 bits per heavy atom. The maximum absolute atomic E-state index is 13.9. The third-order valence-corrected chi connectivity index (χ3v) is 10.0. The molecule has 1 spiro atoms. The second-order valence-corrected chi connectivity index (χ2v) is 12.2. The summed E-state index contributed by atoms with van der Waals surface area (Å²) in [7, 11) is 1.58. The molecule has 2 aromatic carbocycles. The number of hydrogen-bond acceptors (Lipinski definition) is 6. The second-order valence-electron chi connectivity index (χ2n) is 10.3. The number of carbonyl (C=O) groups is 3. The highest BCUT2D eigenvalue weighted by atomic mass is 32.2. The van der Waals surface area contributed by atoms with Crippen LogP contribution in [0.4, 0.5) is 5.69 Å². The van der Waals surface area contributed by atoms with Crippen LogP contribution in [0, 0.1) is 11.8 Å². The Kier molecular flexibility index (Phi) is 6.93. The van der Waals surface area contributed by atoms with Crippen LogP contribution < -0.4 is 15.4 Å². The summed E-state index contributed by atoms with van der Waals surface area (Å²) in [4.78, 5) is 42.9. The summed E-state index contributed by atoms with van der Waals surface area (Å²) in [5, 5.41) is 15.5. The zero-order valence-corrected chi connectivity index (χ0v) is 21.9. The van der Waals surface area contributed by atoms with Crippen molar-refractivity contribution in [1.29, 1.82) is 0 Å². The van der Waals surface area contributed by atoms with Gasteiger partial charge in [-0.25, -0.2) is 0 Å². The van der Waals surface area contributed by atoms with Crippen molar-refractivity contribution in [2.75, 3.05) is 25.6 Å². The summed E-state index contributed by atoms with van der Waals surface area (Å²) in [6.45, 7) is 2.63. The van der Waals surface area contributed by atoms with Crippen molar-refractivity contribution in [3.63, 3.8) is 0 Å². The molecule has 2 aromatic rings. The van der Waals surface area contributed by atoms with Gasteiger partial charge in [0.05, 0.1) is 23.7 Å². The number of thioether (sulfide) groups is 1. The Bertz CT molecular complexity index is 1180. The third kappa shape index (κ3) is 4.38. The lowest BCUT2D eigenvalue weighted by molar-refractivity contribution is -0.140. The van der Waals surface area contributed by atoms with E-state index in [1.54, 1.807) is 48.0 Å². The number of aliphatic hydroxyl groups excluding tert-OH is 1. The molecular weight excluding hydrogens is 490 g/mol. The summed E-state index contributed by atoms with van der Waals surface area (Å²) >= 11 is 1.64. The number of amides is 3. The van der Waals surface area contributed by atoms with E-state index in [9.17, 15) is 19.5 Å². The van der Waals surface area contributed by atoms with E-state index in [0.29, 0.717) is 30.8 Å². The number of nitrogens with zero attached hydrogens (tertiary/aromatic N) is 1. The van der Waals surface area contributed by atoms with Crippen molar-refractivity contribution in [1.82, 2.24) is 10.2 Å². The summed E-state index contributed by atoms with van der Waals surface area (Å²) in [5.74, 6) is -1.01. The molecule has 37 heavy (non-hydrogen) atoms. The first-order chi connectivity index (χ1) is 17.8. The van der Waals surface area contributed by atoms with Gasteiger partial charge in [0.15, 0.2) is 0 Å². The van der Waals surface area contributed by atoms with Crippen LogP contribution in [0.1, 0.15) is 31.7 Å². The van der Waals surface area contributed by atoms with E-state index < -0.39 is 27.4 Å². The molecular formula is C28H33N3O5S. The fourth-order valence-corrected chi connectivity index (χ4v) is 8.74. The van der Waals surface area contributed by atoms with E-state index in [4.69, 9.17) is 4.74 Å². The van der Waals surface area contributed by atoms with E-state index in [2.05, 4.69) is 17.6 Å². The Morgan fingerprint density at radius 2 is 1.84 bits per heavy atom. The molecule has 3 saturated heterocycles. The number of benzene rings is 2. The smallest absolute Gasteiger partial charge is 0.248 e. The molecule has 2 unspecified atom stereocenters. The lowest BCUT2D eigenvalue weighted by Crippen LogP contribution is -2.52. The zero-order valence-electron chi connectivity index (χ0n) is 21.1. The maximum Gasteiger partial charge on any atom is 0.248 e. The highest BCUT2D eigenvalue weighted by molar-refractivity contribution is 8.02. The van der Waals surface area contributed by atoms with Crippen molar-refractivity contribution < 1.29 is 24.2 Å². The fraction of sp³-hybridized carbons (Fsp3) is 0.464.